The maximum atomic E-state index is 2.51. The molecule has 0 unspecified atom stereocenters. The molecular formula is C46H36Si2. The second kappa shape index (κ2) is 12.9. The van der Waals surface area contributed by atoms with E-state index in [0.717, 1.165) is 0 Å². The monoisotopic (exact) mass is 644 g/mol. The summed E-state index contributed by atoms with van der Waals surface area (Å²) in [5.74, 6) is 0. The lowest BCUT2D eigenvalue weighted by atomic mass is 10.1. The van der Waals surface area contributed by atoms with E-state index >= 15 is 0 Å². The minimum Gasteiger partial charge on any atom is -0.0623 e. The first kappa shape index (κ1) is 29.8. The molecule has 0 atom stereocenters. The van der Waals surface area contributed by atoms with Crippen LogP contribution in [0.3, 0.4) is 0 Å². The van der Waals surface area contributed by atoms with Crippen LogP contribution in [0, 0.1) is 0 Å². The van der Waals surface area contributed by atoms with Gasteiger partial charge in [0, 0.05) is 0 Å². The quantitative estimate of drug-likeness (QED) is 0.149. The third kappa shape index (κ3) is 4.81. The zero-order chi connectivity index (χ0) is 32.2. The highest BCUT2D eigenvalue weighted by Crippen LogP contribution is 2.21. The van der Waals surface area contributed by atoms with Crippen molar-refractivity contribution in [2.75, 3.05) is 0 Å². The molecule has 0 aromatic heterocycles. The van der Waals surface area contributed by atoms with Gasteiger partial charge in [0.05, 0.1) is 0 Å². The van der Waals surface area contributed by atoms with E-state index in [1.807, 2.05) is 0 Å². The molecule has 0 heterocycles. The van der Waals surface area contributed by atoms with Crippen molar-refractivity contribution in [2.24, 2.45) is 0 Å². The summed E-state index contributed by atoms with van der Waals surface area (Å²) in [6.07, 6.45) is 0. The summed E-state index contributed by atoms with van der Waals surface area (Å²) in [6, 6.07) is 81.8. The molecule has 0 amide bonds. The van der Waals surface area contributed by atoms with Crippen molar-refractivity contribution in [1.29, 1.82) is 0 Å². The highest BCUT2D eigenvalue weighted by molar-refractivity contribution is 7.22. The molecular weight excluding hydrogens is 609 g/mol. The Morgan fingerprint density at radius 3 is 0.583 bits per heavy atom. The smallest absolute Gasteiger partial charge is 0.0623 e. The fraction of sp³-hybridized carbons (Fsp3) is 0. The molecule has 0 aliphatic carbocycles. The van der Waals surface area contributed by atoms with Gasteiger partial charge in [-0.1, -0.05) is 218 Å². The lowest BCUT2D eigenvalue weighted by molar-refractivity contribution is 1.66. The van der Waals surface area contributed by atoms with Crippen molar-refractivity contribution in [2.45, 2.75) is 0 Å². The third-order valence-corrected chi connectivity index (χ3v) is 19.7. The molecule has 0 nitrogen and oxygen atoms in total. The molecule has 228 valence electrons. The van der Waals surface area contributed by atoms with Gasteiger partial charge in [-0.05, 0) is 52.3 Å². The molecule has 0 fully saturated rings. The SMILES string of the molecule is c1ccc([Si](c2ccccc2)(c2ccccc2)c2ccc([Si](c3ccccc3)(c3ccccc3)c3ccccc3)c3ccccc23)cc1. The van der Waals surface area contributed by atoms with E-state index in [0.29, 0.717) is 0 Å². The lowest BCUT2D eigenvalue weighted by Crippen LogP contribution is -2.76. The minimum atomic E-state index is -2.77. The Morgan fingerprint density at radius 1 is 0.188 bits per heavy atom. The summed E-state index contributed by atoms with van der Waals surface area (Å²) in [4.78, 5) is 0. The summed E-state index contributed by atoms with van der Waals surface area (Å²) in [5, 5.41) is 13.8. The van der Waals surface area contributed by atoms with Crippen LogP contribution in [-0.4, -0.2) is 16.1 Å². The first-order chi connectivity index (χ1) is 23.8. The van der Waals surface area contributed by atoms with Gasteiger partial charge >= 0.3 is 0 Å². The lowest BCUT2D eigenvalue weighted by Gasteiger charge is -2.38. The van der Waals surface area contributed by atoms with Crippen LogP contribution in [0.15, 0.2) is 218 Å². The van der Waals surface area contributed by atoms with Crippen molar-refractivity contribution >= 4 is 68.4 Å². The zero-order valence-corrected chi connectivity index (χ0v) is 28.8. The van der Waals surface area contributed by atoms with E-state index in [2.05, 4.69) is 218 Å². The van der Waals surface area contributed by atoms with Gasteiger partial charge in [0.2, 0.25) is 0 Å². The van der Waals surface area contributed by atoms with E-state index in [4.69, 9.17) is 0 Å². The molecule has 8 aromatic rings. The molecule has 0 aliphatic rings. The molecule has 2 heteroatoms. The number of rotatable bonds is 8. The Kier molecular flexibility index (Phi) is 8.03. The van der Waals surface area contributed by atoms with Crippen molar-refractivity contribution in [3.8, 4) is 0 Å². The highest BCUT2D eigenvalue weighted by atomic mass is 28.3. The standard InChI is InChI=1S/C46H36Si2/c1-7-21-37(22-8-1)47(38-23-9-2-10-24-38,39-25-11-3-12-26-39)45-35-36-46(44-34-20-19-33-43(44)45)48(40-27-13-4-14-28-40,41-29-15-5-16-30-41)42-31-17-6-18-32-42/h1-36H. The number of hydrogen-bond donors (Lipinski definition) is 0. The van der Waals surface area contributed by atoms with Crippen molar-refractivity contribution < 1.29 is 0 Å². The maximum Gasteiger partial charge on any atom is 0.180 e. The molecule has 48 heavy (non-hydrogen) atoms. The van der Waals surface area contributed by atoms with Crippen LogP contribution < -0.4 is 41.5 Å². The van der Waals surface area contributed by atoms with Gasteiger partial charge in [0.15, 0.2) is 16.1 Å². The molecule has 8 aromatic carbocycles. The predicted octanol–water partition coefficient (Wildman–Crippen LogP) is 5.59. The van der Waals surface area contributed by atoms with E-state index in [-0.39, 0.29) is 0 Å². The Labute approximate surface area is 285 Å². The molecule has 0 aliphatic heterocycles. The van der Waals surface area contributed by atoms with Gasteiger partial charge in [-0.3, -0.25) is 0 Å². The fourth-order valence-electron chi connectivity index (χ4n) is 8.02. The van der Waals surface area contributed by atoms with E-state index in [1.165, 1.54) is 52.3 Å². The van der Waals surface area contributed by atoms with Crippen LogP contribution in [0.1, 0.15) is 0 Å². The average Bonchev–Trinajstić information content (AvgIpc) is 3.18. The molecule has 0 saturated carbocycles. The first-order valence-electron chi connectivity index (χ1n) is 16.7. The summed E-state index contributed by atoms with van der Waals surface area (Å²) in [5.41, 5.74) is 0. The number of hydrogen-bond acceptors (Lipinski definition) is 0. The molecule has 0 spiro atoms. The van der Waals surface area contributed by atoms with Gasteiger partial charge in [-0.2, -0.15) is 0 Å². The van der Waals surface area contributed by atoms with E-state index in [9.17, 15) is 0 Å². The van der Waals surface area contributed by atoms with Crippen LogP contribution in [0.25, 0.3) is 10.8 Å². The van der Waals surface area contributed by atoms with Crippen molar-refractivity contribution in [3.63, 3.8) is 0 Å². The normalized spacial score (nSPS) is 11.8. The zero-order valence-electron chi connectivity index (χ0n) is 26.8. The summed E-state index contributed by atoms with van der Waals surface area (Å²) < 4.78 is 0. The van der Waals surface area contributed by atoms with Gasteiger partial charge < -0.3 is 0 Å². The first-order valence-corrected chi connectivity index (χ1v) is 20.7. The van der Waals surface area contributed by atoms with Crippen LogP contribution in [-0.2, 0) is 0 Å². The van der Waals surface area contributed by atoms with Crippen LogP contribution >= 0.6 is 0 Å². The highest BCUT2D eigenvalue weighted by Gasteiger charge is 2.46. The Bertz CT molecular complexity index is 1890. The van der Waals surface area contributed by atoms with Crippen molar-refractivity contribution in [1.82, 2.24) is 0 Å². The van der Waals surface area contributed by atoms with Gasteiger partial charge in [-0.15, -0.1) is 0 Å². The molecule has 0 N–H and O–H groups in total. The summed E-state index contributed by atoms with van der Waals surface area (Å²) in [7, 11) is -5.54. The fourth-order valence-corrected chi connectivity index (χ4v) is 17.9. The topological polar surface area (TPSA) is 0 Å². The van der Waals surface area contributed by atoms with E-state index < -0.39 is 16.1 Å². The molecule has 0 bridgehead atoms. The summed E-state index contributed by atoms with van der Waals surface area (Å²) in [6.45, 7) is 0. The largest absolute Gasteiger partial charge is 0.180 e. The Morgan fingerprint density at radius 2 is 0.375 bits per heavy atom. The van der Waals surface area contributed by atoms with Crippen LogP contribution in [0.2, 0.25) is 0 Å². The predicted molar refractivity (Wildman–Crippen MR) is 211 cm³/mol. The van der Waals surface area contributed by atoms with Crippen LogP contribution in [0.5, 0.6) is 0 Å². The second-order valence-corrected chi connectivity index (χ2v) is 19.9. The van der Waals surface area contributed by atoms with Gasteiger partial charge in [-0.25, -0.2) is 0 Å². The third-order valence-electron chi connectivity index (χ3n) is 9.97. The number of benzene rings is 8. The van der Waals surface area contributed by atoms with Crippen molar-refractivity contribution in [3.05, 3.63) is 218 Å². The average molecular weight is 645 g/mol. The Hall–Kier alpha value is -5.55. The summed E-state index contributed by atoms with van der Waals surface area (Å²) >= 11 is 0. The second-order valence-electron chi connectivity index (χ2n) is 12.4. The van der Waals surface area contributed by atoms with E-state index in [1.54, 1.807) is 0 Å². The minimum absolute atomic E-state index is 1.33. The number of fused-ring (bicyclic) bond motifs is 1. The molecule has 0 radical (unpaired) electrons. The van der Waals surface area contributed by atoms with Gasteiger partial charge in [0.25, 0.3) is 0 Å². The molecule has 0 saturated heterocycles. The maximum absolute atomic E-state index is 2.77. The Balaban J connectivity index is 1.54. The van der Waals surface area contributed by atoms with Gasteiger partial charge in [0.1, 0.15) is 0 Å². The molecule has 8 rings (SSSR count). The van der Waals surface area contributed by atoms with Crippen LogP contribution in [0.4, 0.5) is 0 Å².